The lowest BCUT2D eigenvalue weighted by Gasteiger charge is -2.21. The standard InChI is InChI=1S/C19H19N3O3/c1-2-12-22-18(23)11-10-17(20-22)19(24)21(14-16-9-6-13-25-16)15-7-4-3-5-8-15/h3-11,13H,2,12,14H2,1H3. The van der Waals surface area contributed by atoms with Gasteiger partial charge in [-0.25, -0.2) is 4.68 Å². The summed E-state index contributed by atoms with van der Waals surface area (Å²) in [7, 11) is 0. The molecule has 25 heavy (non-hydrogen) atoms. The molecule has 2 aromatic heterocycles. The molecule has 2 heterocycles. The van der Waals surface area contributed by atoms with Crippen LogP contribution in [0.25, 0.3) is 0 Å². The Hall–Kier alpha value is -3.15. The Morgan fingerprint density at radius 1 is 1.12 bits per heavy atom. The molecule has 0 aliphatic heterocycles. The summed E-state index contributed by atoms with van der Waals surface area (Å²) in [6.45, 7) is 2.71. The minimum absolute atomic E-state index is 0.212. The lowest BCUT2D eigenvalue weighted by molar-refractivity contribution is 0.0976. The maximum atomic E-state index is 13.0. The van der Waals surface area contributed by atoms with Crippen LogP contribution in [0.2, 0.25) is 0 Å². The van der Waals surface area contributed by atoms with Gasteiger partial charge in [0.05, 0.1) is 12.8 Å². The second-order valence-electron chi connectivity index (χ2n) is 5.59. The fourth-order valence-electron chi connectivity index (χ4n) is 2.52. The quantitative estimate of drug-likeness (QED) is 0.693. The lowest BCUT2D eigenvalue weighted by Crippen LogP contribution is -2.33. The van der Waals surface area contributed by atoms with Crippen LogP contribution in [0.1, 0.15) is 29.6 Å². The fourth-order valence-corrected chi connectivity index (χ4v) is 2.52. The van der Waals surface area contributed by atoms with E-state index in [1.165, 1.54) is 16.8 Å². The van der Waals surface area contributed by atoms with Gasteiger partial charge in [-0.15, -0.1) is 0 Å². The number of amides is 1. The minimum atomic E-state index is -0.285. The van der Waals surface area contributed by atoms with Crippen molar-refractivity contribution in [2.75, 3.05) is 4.90 Å². The van der Waals surface area contributed by atoms with Crippen molar-refractivity contribution in [2.24, 2.45) is 0 Å². The van der Waals surface area contributed by atoms with E-state index >= 15 is 0 Å². The van der Waals surface area contributed by atoms with Crippen LogP contribution in [-0.4, -0.2) is 15.7 Å². The molecule has 0 saturated heterocycles. The first-order valence-electron chi connectivity index (χ1n) is 8.16. The Labute approximate surface area is 145 Å². The number of carbonyl (C=O) groups is 1. The average molecular weight is 337 g/mol. The molecule has 6 heteroatoms. The van der Waals surface area contributed by atoms with Gasteiger partial charge in [-0.3, -0.25) is 14.5 Å². The summed E-state index contributed by atoms with van der Waals surface area (Å²) in [6, 6.07) is 15.8. The highest BCUT2D eigenvalue weighted by atomic mass is 16.3. The van der Waals surface area contributed by atoms with Crippen molar-refractivity contribution in [3.8, 4) is 0 Å². The number of carbonyl (C=O) groups excluding carboxylic acids is 1. The molecule has 0 aliphatic rings. The van der Waals surface area contributed by atoms with Crippen molar-refractivity contribution in [3.63, 3.8) is 0 Å². The van der Waals surface area contributed by atoms with Crippen LogP contribution < -0.4 is 10.5 Å². The van der Waals surface area contributed by atoms with Crippen LogP contribution in [0.3, 0.4) is 0 Å². The van der Waals surface area contributed by atoms with E-state index in [9.17, 15) is 9.59 Å². The number of hydrogen-bond acceptors (Lipinski definition) is 4. The highest BCUT2D eigenvalue weighted by molar-refractivity contribution is 6.04. The van der Waals surface area contributed by atoms with Gasteiger partial charge in [-0.05, 0) is 36.8 Å². The average Bonchev–Trinajstić information content (AvgIpc) is 3.15. The van der Waals surface area contributed by atoms with Crippen molar-refractivity contribution in [3.05, 3.63) is 82.7 Å². The molecule has 0 N–H and O–H groups in total. The van der Waals surface area contributed by atoms with Gasteiger partial charge in [0.25, 0.3) is 11.5 Å². The summed E-state index contributed by atoms with van der Waals surface area (Å²) in [5.41, 5.74) is 0.748. The van der Waals surface area contributed by atoms with E-state index in [-0.39, 0.29) is 23.7 Å². The summed E-state index contributed by atoms with van der Waals surface area (Å²) in [6.07, 6.45) is 2.34. The van der Waals surface area contributed by atoms with Crippen LogP contribution >= 0.6 is 0 Å². The molecular formula is C19H19N3O3. The van der Waals surface area contributed by atoms with Gasteiger partial charge in [-0.2, -0.15) is 5.10 Å². The highest BCUT2D eigenvalue weighted by Crippen LogP contribution is 2.19. The molecule has 0 spiro atoms. The second-order valence-corrected chi connectivity index (χ2v) is 5.59. The molecule has 6 nitrogen and oxygen atoms in total. The maximum absolute atomic E-state index is 13.0. The lowest BCUT2D eigenvalue weighted by atomic mass is 10.2. The number of rotatable bonds is 6. The predicted molar refractivity (Wildman–Crippen MR) is 94.5 cm³/mol. The fraction of sp³-hybridized carbons (Fsp3) is 0.211. The second kappa shape index (κ2) is 7.61. The summed E-state index contributed by atoms with van der Waals surface area (Å²) in [5, 5.41) is 4.22. The summed E-state index contributed by atoms with van der Waals surface area (Å²) in [5.74, 6) is 0.381. The smallest absolute Gasteiger partial charge is 0.279 e. The van der Waals surface area contributed by atoms with Gasteiger partial charge in [0.2, 0.25) is 0 Å². The number of nitrogens with zero attached hydrogens (tertiary/aromatic N) is 3. The van der Waals surface area contributed by atoms with E-state index in [2.05, 4.69) is 5.10 Å². The van der Waals surface area contributed by atoms with Gasteiger partial charge >= 0.3 is 0 Å². The topological polar surface area (TPSA) is 68.3 Å². The highest BCUT2D eigenvalue weighted by Gasteiger charge is 2.21. The van der Waals surface area contributed by atoms with E-state index < -0.39 is 0 Å². The Balaban J connectivity index is 1.96. The van der Waals surface area contributed by atoms with Crippen molar-refractivity contribution in [1.82, 2.24) is 9.78 Å². The van der Waals surface area contributed by atoms with Crippen molar-refractivity contribution in [1.29, 1.82) is 0 Å². The largest absolute Gasteiger partial charge is 0.467 e. The maximum Gasteiger partial charge on any atom is 0.279 e. The van der Waals surface area contributed by atoms with Gasteiger partial charge < -0.3 is 4.42 Å². The molecule has 0 fully saturated rings. The molecule has 1 amide bonds. The first-order chi connectivity index (χ1) is 12.2. The van der Waals surface area contributed by atoms with Crippen LogP contribution in [-0.2, 0) is 13.1 Å². The third-order valence-electron chi connectivity index (χ3n) is 3.73. The Kier molecular flexibility index (Phi) is 5.09. The van der Waals surface area contributed by atoms with Gasteiger partial charge in [0, 0.05) is 18.3 Å². The van der Waals surface area contributed by atoms with Crippen LogP contribution in [0, 0.1) is 0 Å². The summed E-state index contributed by atoms with van der Waals surface area (Å²) >= 11 is 0. The number of anilines is 1. The number of hydrogen-bond donors (Lipinski definition) is 0. The van der Waals surface area contributed by atoms with Crippen molar-refractivity contribution >= 4 is 11.6 Å². The molecule has 0 atom stereocenters. The monoisotopic (exact) mass is 337 g/mol. The zero-order valence-corrected chi connectivity index (χ0v) is 14.0. The number of furan rings is 1. The molecule has 0 radical (unpaired) electrons. The zero-order chi connectivity index (χ0) is 17.6. The first-order valence-corrected chi connectivity index (χ1v) is 8.16. The third-order valence-corrected chi connectivity index (χ3v) is 3.73. The van der Waals surface area contributed by atoms with E-state index in [1.54, 1.807) is 17.2 Å². The Morgan fingerprint density at radius 3 is 2.60 bits per heavy atom. The van der Waals surface area contributed by atoms with E-state index in [0.717, 1.165) is 12.1 Å². The molecule has 3 aromatic rings. The molecule has 0 unspecified atom stereocenters. The molecule has 0 saturated carbocycles. The van der Waals surface area contributed by atoms with Gasteiger partial charge in [0.15, 0.2) is 0 Å². The number of aryl methyl sites for hydroxylation is 1. The minimum Gasteiger partial charge on any atom is -0.467 e. The van der Waals surface area contributed by atoms with Gasteiger partial charge in [0.1, 0.15) is 11.5 Å². The zero-order valence-electron chi connectivity index (χ0n) is 14.0. The molecule has 0 aliphatic carbocycles. The number of para-hydroxylation sites is 1. The van der Waals surface area contributed by atoms with Crippen LogP contribution in [0.15, 0.2) is 70.1 Å². The Morgan fingerprint density at radius 2 is 1.92 bits per heavy atom. The van der Waals surface area contributed by atoms with Crippen molar-refractivity contribution < 1.29 is 9.21 Å². The number of aromatic nitrogens is 2. The molecule has 0 bridgehead atoms. The van der Waals surface area contributed by atoms with Gasteiger partial charge in [-0.1, -0.05) is 25.1 Å². The first kappa shape index (κ1) is 16.7. The third kappa shape index (κ3) is 3.85. The van der Waals surface area contributed by atoms with Crippen LogP contribution in [0.5, 0.6) is 0 Å². The molecule has 1 aromatic carbocycles. The summed E-state index contributed by atoms with van der Waals surface area (Å²) < 4.78 is 6.71. The Bertz CT molecular complexity index is 886. The predicted octanol–water partition coefficient (Wildman–Crippen LogP) is 3.09. The van der Waals surface area contributed by atoms with Crippen LogP contribution in [0.4, 0.5) is 5.69 Å². The summed E-state index contributed by atoms with van der Waals surface area (Å²) in [4.78, 5) is 26.5. The molecule has 128 valence electrons. The normalized spacial score (nSPS) is 10.6. The molecular weight excluding hydrogens is 318 g/mol. The van der Waals surface area contributed by atoms with E-state index in [1.807, 2.05) is 43.3 Å². The SMILES string of the molecule is CCCn1nc(C(=O)N(Cc2ccco2)c2ccccc2)ccc1=O. The van der Waals surface area contributed by atoms with E-state index in [4.69, 9.17) is 4.42 Å². The number of benzene rings is 1. The molecule has 3 rings (SSSR count). The van der Waals surface area contributed by atoms with E-state index in [0.29, 0.717) is 12.3 Å². The van der Waals surface area contributed by atoms with Crippen molar-refractivity contribution in [2.45, 2.75) is 26.4 Å².